The maximum absolute atomic E-state index is 10.2. The lowest BCUT2D eigenvalue weighted by molar-refractivity contribution is -0.136. The molecule has 0 spiro atoms. The van der Waals surface area contributed by atoms with Crippen LogP contribution in [0.15, 0.2) is 24.3 Å². The SMILES string of the molecule is CCC=CCCCCCCCC/C=C/CC(=O)O. The molecule has 1 N–H and O–H groups in total. The molecule has 0 bridgehead atoms. The Kier molecular flexibility index (Phi) is 13.2. The van der Waals surface area contributed by atoms with Crippen LogP contribution in [-0.4, -0.2) is 11.1 Å². The number of hydrogen-bond acceptors (Lipinski definition) is 1. The maximum Gasteiger partial charge on any atom is 0.307 e. The van der Waals surface area contributed by atoms with E-state index in [1.54, 1.807) is 6.08 Å². The van der Waals surface area contributed by atoms with Crippen molar-refractivity contribution in [2.75, 3.05) is 0 Å². The van der Waals surface area contributed by atoms with Gasteiger partial charge in [0.2, 0.25) is 0 Å². The molecule has 0 aromatic rings. The van der Waals surface area contributed by atoms with Gasteiger partial charge in [-0.05, 0) is 32.1 Å². The molecule has 0 amide bonds. The zero-order valence-corrected chi connectivity index (χ0v) is 11.7. The summed E-state index contributed by atoms with van der Waals surface area (Å²) in [4.78, 5) is 10.2. The third kappa shape index (κ3) is 14.9. The van der Waals surface area contributed by atoms with Crippen molar-refractivity contribution in [2.24, 2.45) is 0 Å². The highest BCUT2D eigenvalue weighted by atomic mass is 16.4. The molecular formula is C16H28O2. The average molecular weight is 252 g/mol. The molecule has 0 heterocycles. The van der Waals surface area contributed by atoms with Crippen LogP contribution in [0.2, 0.25) is 0 Å². The van der Waals surface area contributed by atoms with Gasteiger partial charge in [-0.15, -0.1) is 0 Å². The minimum atomic E-state index is -0.747. The van der Waals surface area contributed by atoms with E-state index >= 15 is 0 Å². The van der Waals surface area contributed by atoms with Crippen molar-refractivity contribution in [3.05, 3.63) is 24.3 Å². The highest BCUT2D eigenvalue weighted by Gasteiger charge is 1.91. The maximum atomic E-state index is 10.2. The van der Waals surface area contributed by atoms with Gasteiger partial charge in [-0.25, -0.2) is 0 Å². The number of carbonyl (C=O) groups is 1. The zero-order valence-electron chi connectivity index (χ0n) is 11.7. The summed E-state index contributed by atoms with van der Waals surface area (Å²) in [6.07, 6.45) is 19.6. The van der Waals surface area contributed by atoms with Gasteiger partial charge >= 0.3 is 5.97 Å². The molecule has 0 saturated heterocycles. The van der Waals surface area contributed by atoms with E-state index < -0.39 is 5.97 Å². The van der Waals surface area contributed by atoms with Crippen LogP contribution in [-0.2, 0) is 4.79 Å². The van der Waals surface area contributed by atoms with Crippen LogP contribution in [0.4, 0.5) is 0 Å². The Morgan fingerprint density at radius 2 is 1.33 bits per heavy atom. The molecule has 0 aromatic carbocycles. The quantitative estimate of drug-likeness (QED) is 0.387. The number of carboxylic acids is 1. The predicted molar refractivity (Wildman–Crippen MR) is 77.8 cm³/mol. The van der Waals surface area contributed by atoms with Crippen LogP contribution >= 0.6 is 0 Å². The van der Waals surface area contributed by atoms with Crippen LogP contribution in [0, 0.1) is 0 Å². The van der Waals surface area contributed by atoms with Gasteiger partial charge in [0.15, 0.2) is 0 Å². The van der Waals surface area contributed by atoms with Crippen LogP contribution in [0.1, 0.15) is 71.1 Å². The second kappa shape index (κ2) is 14.0. The molecule has 0 radical (unpaired) electrons. The second-order valence-electron chi connectivity index (χ2n) is 4.65. The molecule has 0 unspecified atom stereocenters. The van der Waals surface area contributed by atoms with Crippen LogP contribution in [0.25, 0.3) is 0 Å². The van der Waals surface area contributed by atoms with Gasteiger partial charge in [0.25, 0.3) is 0 Å². The average Bonchev–Trinajstić information content (AvgIpc) is 2.34. The van der Waals surface area contributed by atoms with Gasteiger partial charge in [0.05, 0.1) is 6.42 Å². The summed E-state index contributed by atoms with van der Waals surface area (Å²) < 4.78 is 0. The zero-order chi connectivity index (χ0) is 13.5. The Hall–Kier alpha value is -1.05. The van der Waals surface area contributed by atoms with E-state index in [-0.39, 0.29) is 6.42 Å². The summed E-state index contributed by atoms with van der Waals surface area (Å²) in [5.74, 6) is -0.747. The molecule has 0 saturated carbocycles. The largest absolute Gasteiger partial charge is 0.481 e. The van der Waals surface area contributed by atoms with Gasteiger partial charge < -0.3 is 5.11 Å². The summed E-state index contributed by atoms with van der Waals surface area (Å²) in [7, 11) is 0. The fourth-order valence-corrected chi connectivity index (χ4v) is 1.82. The molecule has 104 valence electrons. The predicted octanol–water partition coefficient (Wildman–Crippen LogP) is 5.10. The van der Waals surface area contributed by atoms with Crippen molar-refractivity contribution in [1.82, 2.24) is 0 Å². The molecule has 0 aliphatic heterocycles. The number of carboxylic acid groups (broad SMARTS) is 1. The normalized spacial score (nSPS) is 11.6. The summed E-state index contributed by atoms with van der Waals surface area (Å²) in [6, 6.07) is 0. The number of rotatable bonds is 12. The monoisotopic (exact) mass is 252 g/mol. The molecule has 0 atom stereocenters. The van der Waals surface area contributed by atoms with E-state index in [4.69, 9.17) is 5.11 Å². The molecule has 2 heteroatoms. The lowest BCUT2D eigenvalue weighted by atomic mass is 10.1. The topological polar surface area (TPSA) is 37.3 Å². The summed E-state index contributed by atoms with van der Waals surface area (Å²) >= 11 is 0. The Labute approximate surface area is 112 Å². The Balaban J connectivity index is 3.09. The van der Waals surface area contributed by atoms with Crippen LogP contribution in [0.5, 0.6) is 0 Å². The summed E-state index contributed by atoms with van der Waals surface area (Å²) in [6.45, 7) is 2.17. The third-order valence-electron chi connectivity index (χ3n) is 2.85. The van der Waals surface area contributed by atoms with Crippen molar-refractivity contribution >= 4 is 5.97 Å². The van der Waals surface area contributed by atoms with Crippen molar-refractivity contribution in [1.29, 1.82) is 0 Å². The molecule has 0 aliphatic rings. The minimum absolute atomic E-state index is 0.158. The molecule has 0 fully saturated rings. The molecule has 0 aromatic heterocycles. The van der Waals surface area contributed by atoms with Gasteiger partial charge in [0, 0.05) is 0 Å². The minimum Gasteiger partial charge on any atom is -0.481 e. The Bertz CT molecular complexity index is 241. The molecule has 18 heavy (non-hydrogen) atoms. The standard InChI is InChI=1S/C16H28O2/c1-2-3-4-5-6-7-8-9-10-11-12-13-14-15-16(17)18/h3-4,13-14H,2,5-12,15H2,1H3,(H,17,18)/b4-3?,14-13+. The van der Waals surface area contributed by atoms with Gasteiger partial charge in [-0.3, -0.25) is 4.79 Å². The van der Waals surface area contributed by atoms with E-state index in [1.165, 1.54) is 44.9 Å². The third-order valence-corrected chi connectivity index (χ3v) is 2.85. The fraction of sp³-hybridized carbons (Fsp3) is 0.688. The number of unbranched alkanes of at least 4 members (excludes halogenated alkanes) is 7. The number of aliphatic carboxylic acids is 1. The first-order chi connectivity index (χ1) is 8.77. The van der Waals surface area contributed by atoms with Crippen LogP contribution in [0.3, 0.4) is 0 Å². The highest BCUT2D eigenvalue weighted by Crippen LogP contribution is 2.09. The van der Waals surface area contributed by atoms with E-state index in [9.17, 15) is 4.79 Å². The van der Waals surface area contributed by atoms with Gasteiger partial charge in [0.1, 0.15) is 0 Å². The highest BCUT2D eigenvalue weighted by molar-refractivity contribution is 5.68. The Morgan fingerprint density at radius 3 is 1.83 bits per heavy atom. The number of allylic oxidation sites excluding steroid dienone is 3. The smallest absolute Gasteiger partial charge is 0.307 e. The molecule has 0 aliphatic carbocycles. The first-order valence-electron chi connectivity index (χ1n) is 7.29. The van der Waals surface area contributed by atoms with Crippen molar-refractivity contribution in [2.45, 2.75) is 71.1 Å². The van der Waals surface area contributed by atoms with E-state index in [0.29, 0.717) is 0 Å². The second-order valence-corrected chi connectivity index (χ2v) is 4.65. The van der Waals surface area contributed by atoms with Gasteiger partial charge in [-0.2, -0.15) is 0 Å². The number of hydrogen-bond donors (Lipinski definition) is 1. The van der Waals surface area contributed by atoms with E-state index in [0.717, 1.165) is 12.8 Å². The molecule has 2 nitrogen and oxygen atoms in total. The van der Waals surface area contributed by atoms with Crippen molar-refractivity contribution in [3.8, 4) is 0 Å². The van der Waals surface area contributed by atoms with E-state index in [2.05, 4.69) is 19.1 Å². The van der Waals surface area contributed by atoms with E-state index in [1.807, 2.05) is 6.08 Å². The summed E-state index contributed by atoms with van der Waals surface area (Å²) in [5.41, 5.74) is 0. The van der Waals surface area contributed by atoms with Gasteiger partial charge in [-0.1, -0.05) is 56.9 Å². The Morgan fingerprint density at radius 1 is 0.833 bits per heavy atom. The first kappa shape index (κ1) is 16.9. The van der Waals surface area contributed by atoms with Crippen molar-refractivity contribution in [3.63, 3.8) is 0 Å². The summed E-state index contributed by atoms with van der Waals surface area (Å²) in [5, 5.41) is 8.43. The molecular weight excluding hydrogens is 224 g/mol. The fourth-order valence-electron chi connectivity index (χ4n) is 1.82. The molecule has 0 rings (SSSR count). The van der Waals surface area contributed by atoms with Crippen molar-refractivity contribution < 1.29 is 9.90 Å². The lowest BCUT2D eigenvalue weighted by Gasteiger charge is -1.99. The first-order valence-corrected chi connectivity index (χ1v) is 7.29. The van der Waals surface area contributed by atoms with Crippen LogP contribution < -0.4 is 0 Å². The lowest BCUT2D eigenvalue weighted by Crippen LogP contribution is -1.89.